The number of nitrogens with one attached hydrogen (secondary N) is 1. The van der Waals surface area contributed by atoms with Gasteiger partial charge in [0.25, 0.3) is 0 Å². The Morgan fingerprint density at radius 1 is 1.30 bits per heavy atom. The standard InChI is InChI=1S/C18H18ClFN2S/c1-22-8-7-16-13(10-22)12-3-2-4-17(18(12)21-16)23-11-5-6-15(20)14(19)9-11/h2-6,9,13,16,21H,7-8,10H2,1H3/t13-,16+/m0/s1. The molecule has 4 rings (SSSR count). The smallest absolute Gasteiger partial charge is 0.141 e. The summed E-state index contributed by atoms with van der Waals surface area (Å²) in [6, 6.07) is 11.9. The summed E-state index contributed by atoms with van der Waals surface area (Å²) in [5.41, 5.74) is 2.64. The normalized spacial score (nSPS) is 23.3. The van der Waals surface area contributed by atoms with Gasteiger partial charge in [-0.15, -0.1) is 0 Å². The highest BCUT2D eigenvalue weighted by atomic mass is 35.5. The average molecular weight is 349 g/mol. The second-order valence-corrected chi connectivity index (χ2v) is 7.83. The van der Waals surface area contributed by atoms with Gasteiger partial charge in [-0.05, 0) is 49.8 Å². The predicted molar refractivity (Wildman–Crippen MR) is 94.2 cm³/mol. The van der Waals surface area contributed by atoms with Crippen LogP contribution >= 0.6 is 23.4 Å². The van der Waals surface area contributed by atoms with Crippen molar-refractivity contribution in [2.75, 3.05) is 25.5 Å². The van der Waals surface area contributed by atoms with Gasteiger partial charge in [-0.3, -0.25) is 0 Å². The van der Waals surface area contributed by atoms with Crippen LogP contribution < -0.4 is 5.32 Å². The van der Waals surface area contributed by atoms with Crippen LogP contribution in [0.2, 0.25) is 5.02 Å². The topological polar surface area (TPSA) is 15.3 Å². The van der Waals surface area contributed by atoms with Crippen molar-refractivity contribution in [1.29, 1.82) is 0 Å². The maximum Gasteiger partial charge on any atom is 0.141 e. The van der Waals surface area contributed by atoms with Gasteiger partial charge in [0.15, 0.2) is 0 Å². The van der Waals surface area contributed by atoms with E-state index in [0.29, 0.717) is 12.0 Å². The van der Waals surface area contributed by atoms with Gasteiger partial charge in [0.05, 0.1) is 10.7 Å². The number of hydrogen-bond donors (Lipinski definition) is 1. The second kappa shape index (κ2) is 6.00. The molecule has 0 bridgehead atoms. The highest BCUT2D eigenvalue weighted by Gasteiger charge is 2.36. The molecule has 5 heteroatoms. The number of para-hydroxylation sites is 1. The van der Waals surface area contributed by atoms with Crippen molar-refractivity contribution in [3.05, 3.63) is 52.8 Å². The number of likely N-dealkylation sites (tertiary alicyclic amines) is 1. The molecule has 23 heavy (non-hydrogen) atoms. The zero-order valence-electron chi connectivity index (χ0n) is 12.9. The Kier molecular flexibility index (Phi) is 4.00. The molecule has 1 N–H and O–H groups in total. The first-order chi connectivity index (χ1) is 11.1. The van der Waals surface area contributed by atoms with Crippen molar-refractivity contribution in [2.24, 2.45) is 0 Å². The third-order valence-electron chi connectivity index (χ3n) is 4.72. The summed E-state index contributed by atoms with van der Waals surface area (Å²) in [5, 5.41) is 3.89. The first-order valence-electron chi connectivity index (χ1n) is 7.83. The summed E-state index contributed by atoms with van der Waals surface area (Å²) in [4.78, 5) is 4.54. The summed E-state index contributed by atoms with van der Waals surface area (Å²) >= 11 is 7.54. The van der Waals surface area contributed by atoms with Gasteiger partial charge in [-0.25, -0.2) is 4.39 Å². The molecule has 2 aromatic carbocycles. The molecule has 0 amide bonds. The van der Waals surface area contributed by atoms with Crippen LogP contribution in [0, 0.1) is 5.82 Å². The van der Waals surface area contributed by atoms with E-state index in [9.17, 15) is 4.39 Å². The summed E-state index contributed by atoms with van der Waals surface area (Å²) in [7, 11) is 2.19. The van der Waals surface area contributed by atoms with Crippen molar-refractivity contribution >= 4 is 29.1 Å². The zero-order valence-corrected chi connectivity index (χ0v) is 14.4. The molecule has 2 aromatic rings. The van der Waals surface area contributed by atoms with Gasteiger partial charge >= 0.3 is 0 Å². The van der Waals surface area contributed by atoms with E-state index in [-0.39, 0.29) is 10.8 Å². The van der Waals surface area contributed by atoms with E-state index < -0.39 is 0 Å². The molecule has 2 heterocycles. The molecule has 0 radical (unpaired) electrons. The predicted octanol–water partition coefficient (Wildman–Crippen LogP) is 4.84. The molecule has 2 aliphatic rings. The first kappa shape index (κ1) is 15.3. The van der Waals surface area contributed by atoms with Crippen LogP contribution in [0.1, 0.15) is 17.9 Å². The number of piperidine rings is 1. The summed E-state index contributed by atoms with van der Waals surface area (Å²) in [6.45, 7) is 2.24. The van der Waals surface area contributed by atoms with Crippen LogP contribution in [0.15, 0.2) is 46.2 Å². The van der Waals surface area contributed by atoms with Crippen molar-refractivity contribution < 1.29 is 4.39 Å². The van der Waals surface area contributed by atoms with Crippen LogP contribution in [0.25, 0.3) is 0 Å². The van der Waals surface area contributed by atoms with Crippen molar-refractivity contribution in [1.82, 2.24) is 4.90 Å². The number of fused-ring (bicyclic) bond motifs is 3. The van der Waals surface area contributed by atoms with Gasteiger partial charge in [-0.2, -0.15) is 0 Å². The molecule has 120 valence electrons. The van der Waals surface area contributed by atoms with Crippen LogP contribution in [0.5, 0.6) is 0 Å². The fraction of sp³-hybridized carbons (Fsp3) is 0.333. The number of rotatable bonds is 2. The minimum atomic E-state index is -0.374. The minimum absolute atomic E-state index is 0.172. The lowest BCUT2D eigenvalue weighted by Crippen LogP contribution is -2.39. The fourth-order valence-electron chi connectivity index (χ4n) is 3.55. The van der Waals surface area contributed by atoms with Gasteiger partial charge in [-0.1, -0.05) is 35.5 Å². The van der Waals surface area contributed by atoms with E-state index >= 15 is 0 Å². The maximum atomic E-state index is 13.3. The number of halogens is 2. The van der Waals surface area contributed by atoms with Crippen LogP contribution in [-0.2, 0) is 0 Å². The second-order valence-electron chi connectivity index (χ2n) is 6.31. The maximum absolute atomic E-state index is 13.3. The van der Waals surface area contributed by atoms with Crippen molar-refractivity contribution in [3.8, 4) is 0 Å². The number of anilines is 1. The molecule has 2 atom stereocenters. The summed E-state index contributed by atoms with van der Waals surface area (Å²) in [6.07, 6.45) is 1.17. The summed E-state index contributed by atoms with van der Waals surface area (Å²) < 4.78 is 13.3. The van der Waals surface area contributed by atoms with E-state index in [1.807, 2.05) is 0 Å². The lowest BCUT2D eigenvalue weighted by Gasteiger charge is -2.32. The minimum Gasteiger partial charge on any atom is -0.380 e. The van der Waals surface area contributed by atoms with Crippen LogP contribution in [0.3, 0.4) is 0 Å². The number of likely N-dealkylation sites (N-methyl/N-ethyl adjacent to an activating group) is 1. The van der Waals surface area contributed by atoms with Crippen molar-refractivity contribution in [3.63, 3.8) is 0 Å². The molecular formula is C18H18ClFN2S. The van der Waals surface area contributed by atoms with E-state index in [4.69, 9.17) is 11.6 Å². The molecule has 2 nitrogen and oxygen atoms in total. The molecule has 0 unspecified atom stereocenters. The van der Waals surface area contributed by atoms with Gasteiger partial charge in [0.2, 0.25) is 0 Å². The molecule has 0 aliphatic carbocycles. The third kappa shape index (κ3) is 2.84. The molecule has 0 saturated carbocycles. The zero-order chi connectivity index (χ0) is 16.0. The Labute approximate surface area is 145 Å². The van der Waals surface area contributed by atoms with Crippen LogP contribution in [0.4, 0.5) is 10.1 Å². The highest BCUT2D eigenvalue weighted by molar-refractivity contribution is 7.99. The molecule has 1 saturated heterocycles. The average Bonchev–Trinajstić information content (AvgIpc) is 2.90. The van der Waals surface area contributed by atoms with Crippen molar-refractivity contribution in [2.45, 2.75) is 28.2 Å². The molecule has 0 aromatic heterocycles. The monoisotopic (exact) mass is 348 g/mol. The number of nitrogens with zero attached hydrogens (tertiary/aromatic N) is 1. The van der Waals surface area contributed by atoms with Gasteiger partial charge in [0, 0.05) is 28.3 Å². The Morgan fingerprint density at radius 3 is 3.00 bits per heavy atom. The number of benzene rings is 2. The highest BCUT2D eigenvalue weighted by Crippen LogP contribution is 2.46. The summed E-state index contributed by atoms with van der Waals surface area (Å²) in [5.74, 6) is 0.183. The fourth-order valence-corrected chi connectivity index (χ4v) is 4.79. The first-order valence-corrected chi connectivity index (χ1v) is 9.02. The Hall–Kier alpha value is -1.23. The van der Waals surface area contributed by atoms with Gasteiger partial charge in [0.1, 0.15) is 5.82 Å². The molecule has 1 fully saturated rings. The quantitative estimate of drug-likeness (QED) is 0.835. The SMILES string of the molecule is CN1CC[C@H]2Nc3c(Sc4ccc(F)c(Cl)c4)cccc3[C@@H]2C1. The largest absolute Gasteiger partial charge is 0.380 e. The van der Waals surface area contributed by atoms with Gasteiger partial charge < -0.3 is 10.2 Å². The van der Waals surface area contributed by atoms with E-state index in [0.717, 1.165) is 18.0 Å². The van der Waals surface area contributed by atoms with E-state index in [2.05, 4.69) is 35.5 Å². The van der Waals surface area contributed by atoms with E-state index in [1.165, 1.54) is 28.6 Å². The van der Waals surface area contributed by atoms with E-state index in [1.54, 1.807) is 23.9 Å². The van der Waals surface area contributed by atoms with Crippen LogP contribution in [-0.4, -0.2) is 31.1 Å². The lowest BCUT2D eigenvalue weighted by molar-refractivity contribution is 0.243. The molecular weight excluding hydrogens is 331 g/mol. The molecule has 2 aliphatic heterocycles. The number of hydrogen-bond acceptors (Lipinski definition) is 3. The Balaban J connectivity index is 1.65. The Morgan fingerprint density at radius 2 is 2.17 bits per heavy atom. The third-order valence-corrected chi connectivity index (χ3v) is 6.06. The molecule has 0 spiro atoms. The Bertz CT molecular complexity index is 752. The lowest BCUT2D eigenvalue weighted by atomic mass is 9.90.